The van der Waals surface area contributed by atoms with Crippen LogP contribution in [-0.2, 0) is 11.3 Å². The van der Waals surface area contributed by atoms with Crippen LogP contribution in [0.25, 0.3) is 0 Å². The molecule has 3 heterocycles. The normalized spacial score (nSPS) is 29.3. The lowest BCUT2D eigenvalue weighted by atomic mass is 10.0. The van der Waals surface area contributed by atoms with Crippen LogP contribution in [0, 0.1) is 11.3 Å². The fraction of sp³-hybridized carbons (Fsp3) is 0.647. The van der Waals surface area contributed by atoms with Crippen LogP contribution in [0.1, 0.15) is 30.6 Å². The van der Waals surface area contributed by atoms with Crippen molar-refractivity contribution in [2.45, 2.75) is 32.2 Å². The second-order valence-electron chi connectivity index (χ2n) is 7.06. The Labute approximate surface area is 140 Å². The summed E-state index contributed by atoms with van der Waals surface area (Å²) in [7, 11) is 0. The molecule has 1 aliphatic carbocycles. The van der Waals surface area contributed by atoms with E-state index in [9.17, 15) is 9.59 Å². The van der Waals surface area contributed by atoms with Crippen molar-refractivity contribution < 1.29 is 9.59 Å². The molecule has 124 valence electrons. The molecule has 1 saturated carbocycles. The molecule has 0 unspecified atom stereocenters. The van der Waals surface area contributed by atoms with Crippen LogP contribution in [0.5, 0.6) is 0 Å². The number of carbonyl (C=O) groups is 2. The molecule has 0 radical (unpaired) electrons. The van der Waals surface area contributed by atoms with Crippen molar-refractivity contribution in [3.8, 4) is 0 Å². The molecule has 3 fully saturated rings. The highest BCUT2D eigenvalue weighted by molar-refractivity contribution is 7.09. The maximum absolute atomic E-state index is 12.5. The predicted molar refractivity (Wildman–Crippen MR) is 89.1 cm³/mol. The molecule has 1 aromatic heterocycles. The first-order valence-corrected chi connectivity index (χ1v) is 9.40. The third kappa shape index (κ3) is 2.84. The molecule has 1 N–H and O–H groups in total. The van der Waals surface area contributed by atoms with Gasteiger partial charge in [-0.2, -0.15) is 0 Å². The summed E-state index contributed by atoms with van der Waals surface area (Å²) in [5.74, 6) is 0.257. The van der Waals surface area contributed by atoms with Crippen LogP contribution >= 0.6 is 11.3 Å². The Kier molecular flexibility index (Phi) is 3.79. The fourth-order valence-corrected chi connectivity index (χ4v) is 4.69. The first-order chi connectivity index (χ1) is 11.2. The van der Waals surface area contributed by atoms with Gasteiger partial charge in [0.2, 0.25) is 5.91 Å². The smallest absolute Gasteiger partial charge is 0.320 e. The van der Waals surface area contributed by atoms with E-state index in [1.807, 2.05) is 27.3 Å². The average Bonchev–Trinajstić information content (AvgIpc) is 3.07. The third-order valence-corrected chi connectivity index (χ3v) is 6.43. The van der Waals surface area contributed by atoms with Crippen molar-refractivity contribution in [2.24, 2.45) is 11.3 Å². The van der Waals surface area contributed by atoms with E-state index in [0.29, 0.717) is 6.54 Å². The number of nitrogens with zero attached hydrogens (tertiary/aromatic N) is 2. The van der Waals surface area contributed by atoms with Gasteiger partial charge in [-0.3, -0.25) is 4.79 Å². The summed E-state index contributed by atoms with van der Waals surface area (Å²) in [6.07, 6.45) is 4.16. The number of likely N-dealkylation sites (tertiary alicyclic amines) is 2. The highest BCUT2D eigenvalue weighted by atomic mass is 32.1. The molecule has 1 aromatic rings. The standard InChI is InChI=1S/C17H23N3O2S/c21-15(18-11-13-4-3-9-23-13)14-10-17(14)5-8-20(12-17)16(22)19-6-1-2-7-19/h3-4,9,14H,1-2,5-8,10-12H2,(H,18,21)/t14-,17-/m1/s1. The second-order valence-corrected chi connectivity index (χ2v) is 8.10. The summed E-state index contributed by atoms with van der Waals surface area (Å²) in [6.45, 7) is 3.99. The molecule has 3 amide bonds. The lowest BCUT2D eigenvalue weighted by Crippen LogP contribution is -2.40. The van der Waals surface area contributed by atoms with Gasteiger partial charge in [0.05, 0.1) is 6.54 Å². The van der Waals surface area contributed by atoms with Gasteiger partial charge < -0.3 is 15.1 Å². The Morgan fingerprint density at radius 2 is 2.09 bits per heavy atom. The summed E-state index contributed by atoms with van der Waals surface area (Å²) in [5, 5.41) is 5.08. The monoisotopic (exact) mass is 333 g/mol. The van der Waals surface area contributed by atoms with Gasteiger partial charge in [-0.1, -0.05) is 6.07 Å². The molecule has 5 nitrogen and oxygen atoms in total. The van der Waals surface area contributed by atoms with E-state index in [-0.39, 0.29) is 23.3 Å². The molecule has 0 aromatic carbocycles. The number of carbonyl (C=O) groups excluding carboxylic acids is 2. The van der Waals surface area contributed by atoms with Crippen molar-refractivity contribution in [1.82, 2.24) is 15.1 Å². The molecule has 0 bridgehead atoms. The Morgan fingerprint density at radius 1 is 1.26 bits per heavy atom. The topological polar surface area (TPSA) is 52.7 Å². The Hall–Kier alpha value is -1.56. The van der Waals surface area contributed by atoms with Crippen molar-refractivity contribution >= 4 is 23.3 Å². The van der Waals surface area contributed by atoms with Crippen LogP contribution in [0.3, 0.4) is 0 Å². The van der Waals surface area contributed by atoms with Gasteiger partial charge in [0.25, 0.3) is 0 Å². The van der Waals surface area contributed by atoms with E-state index in [1.165, 1.54) is 4.88 Å². The number of urea groups is 1. The minimum Gasteiger partial charge on any atom is -0.351 e. The maximum Gasteiger partial charge on any atom is 0.320 e. The lowest BCUT2D eigenvalue weighted by molar-refractivity contribution is -0.123. The summed E-state index contributed by atoms with van der Waals surface area (Å²) in [4.78, 5) is 30.0. The molecule has 2 aliphatic heterocycles. The fourth-order valence-electron chi connectivity index (χ4n) is 4.05. The molecular formula is C17H23N3O2S. The summed E-state index contributed by atoms with van der Waals surface area (Å²) in [6, 6.07) is 4.23. The SMILES string of the molecule is O=C(NCc1cccs1)[C@H]1C[C@@]12CCN(C(=O)N1CCCC1)C2. The van der Waals surface area contributed by atoms with E-state index in [1.54, 1.807) is 11.3 Å². The van der Waals surface area contributed by atoms with Gasteiger partial charge in [-0.05, 0) is 37.1 Å². The first kappa shape index (κ1) is 15.0. The zero-order valence-corrected chi connectivity index (χ0v) is 14.1. The molecule has 2 atom stereocenters. The highest BCUT2D eigenvalue weighted by Crippen LogP contribution is 2.58. The largest absolute Gasteiger partial charge is 0.351 e. The molecular weight excluding hydrogens is 310 g/mol. The van der Waals surface area contributed by atoms with Crippen LogP contribution < -0.4 is 5.32 Å². The molecule has 6 heteroatoms. The van der Waals surface area contributed by atoms with Crippen LogP contribution in [-0.4, -0.2) is 47.9 Å². The number of rotatable bonds is 3. The number of thiophene rings is 1. The van der Waals surface area contributed by atoms with E-state index in [4.69, 9.17) is 0 Å². The van der Waals surface area contributed by atoms with Gasteiger partial charge in [-0.15, -0.1) is 11.3 Å². The Bertz CT molecular complexity index is 597. The summed E-state index contributed by atoms with van der Waals surface area (Å²) >= 11 is 1.67. The zero-order valence-electron chi connectivity index (χ0n) is 13.3. The van der Waals surface area contributed by atoms with Gasteiger partial charge in [0, 0.05) is 42.4 Å². The van der Waals surface area contributed by atoms with Gasteiger partial charge in [0.15, 0.2) is 0 Å². The molecule has 23 heavy (non-hydrogen) atoms. The Balaban J connectivity index is 1.29. The average molecular weight is 333 g/mol. The minimum atomic E-state index is 0.0644. The van der Waals surface area contributed by atoms with Crippen molar-refractivity contribution in [3.63, 3.8) is 0 Å². The van der Waals surface area contributed by atoms with E-state index in [0.717, 1.165) is 51.9 Å². The lowest BCUT2D eigenvalue weighted by Gasteiger charge is -2.24. The van der Waals surface area contributed by atoms with Gasteiger partial charge in [0.1, 0.15) is 0 Å². The van der Waals surface area contributed by atoms with Crippen molar-refractivity contribution in [2.75, 3.05) is 26.2 Å². The molecule has 3 aliphatic rings. The number of hydrogen-bond acceptors (Lipinski definition) is 3. The van der Waals surface area contributed by atoms with E-state index < -0.39 is 0 Å². The zero-order chi connectivity index (χ0) is 15.9. The van der Waals surface area contributed by atoms with E-state index >= 15 is 0 Å². The van der Waals surface area contributed by atoms with Crippen LogP contribution in [0.4, 0.5) is 4.79 Å². The van der Waals surface area contributed by atoms with Crippen LogP contribution in [0.2, 0.25) is 0 Å². The number of hydrogen-bond donors (Lipinski definition) is 1. The van der Waals surface area contributed by atoms with Gasteiger partial charge >= 0.3 is 6.03 Å². The molecule has 4 rings (SSSR count). The maximum atomic E-state index is 12.5. The third-order valence-electron chi connectivity index (χ3n) is 5.56. The highest BCUT2D eigenvalue weighted by Gasteiger charge is 2.61. The summed E-state index contributed by atoms with van der Waals surface area (Å²) < 4.78 is 0. The van der Waals surface area contributed by atoms with E-state index in [2.05, 4.69) is 5.32 Å². The van der Waals surface area contributed by atoms with Crippen molar-refractivity contribution in [1.29, 1.82) is 0 Å². The van der Waals surface area contributed by atoms with Gasteiger partial charge in [-0.25, -0.2) is 4.79 Å². The quantitative estimate of drug-likeness (QED) is 0.923. The summed E-state index contributed by atoms with van der Waals surface area (Å²) in [5.41, 5.74) is 0.0644. The number of nitrogens with one attached hydrogen (secondary N) is 1. The number of amides is 3. The first-order valence-electron chi connectivity index (χ1n) is 8.52. The van der Waals surface area contributed by atoms with Crippen molar-refractivity contribution in [3.05, 3.63) is 22.4 Å². The minimum absolute atomic E-state index is 0.0644. The van der Waals surface area contributed by atoms with Crippen LogP contribution in [0.15, 0.2) is 17.5 Å². The Morgan fingerprint density at radius 3 is 2.83 bits per heavy atom. The molecule has 2 saturated heterocycles. The molecule has 1 spiro atoms. The second kappa shape index (κ2) is 5.82. The predicted octanol–water partition coefficient (Wildman–Crippen LogP) is 2.29.